The normalized spacial score (nSPS) is 36.2. The van der Waals surface area contributed by atoms with Gasteiger partial charge in [-0.2, -0.15) is 0 Å². The van der Waals surface area contributed by atoms with Crippen LogP contribution in [0.5, 0.6) is 0 Å². The molecule has 2 fully saturated rings. The third kappa shape index (κ3) is 5.59. The van der Waals surface area contributed by atoms with Crippen molar-refractivity contribution in [2.24, 2.45) is 0 Å². The summed E-state index contributed by atoms with van der Waals surface area (Å²) < 4.78 is 47.9. The SMILES string of the molecule is Nc1ncnc2c1ncn2[C@@H]1O[C@H](COP(=O)([O-])OP(=O)([O-])OC[C@H]2O[C@@H](O)[C@H](O)[C@@H]2O)[C@@H](O)[C@H]1O. The van der Waals surface area contributed by atoms with E-state index in [2.05, 4.69) is 33.0 Å². The van der Waals surface area contributed by atoms with Gasteiger partial charge in [0.05, 0.1) is 19.5 Å². The molecule has 19 nitrogen and oxygen atoms in total. The van der Waals surface area contributed by atoms with Gasteiger partial charge in [-0.1, -0.05) is 0 Å². The van der Waals surface area contributed by atoms with Gasteiger partial charge in [0.2, 0.25) is 0 Å². The lowest BCUT2D eigenvalue weighted by Gasteiger charge is -2.31. The van der Waals surface area contributed by atoms with Gasteiger partial charge in [0, 0.05) is 0 Å². The van der Waals surface area contributed by atoms with E-state index >= 15 is 0 Å². The van der Waals surface area contributed by atoms with Gasteiger partial charge in [-0.3, -0.25) is 13.7 Å². The molecule has 202 valence electrons. The third-order valence-electron chi connectivity index (χ3n) is 5.33. The largest absolute Gasteiger partial charge is 0.756 e. The molecule has 2 aromatic rings. The molecule has 2 aliphatic heterocycles. The van der Waals surface area contributed by atoms with E-state index in [1.54, 1.807) is 0 Å². The number of hydrogen-bond acceptors (Lipinski definition) is 18. The molecule has 4 rings (SSSR count). The van der Waals surface area contributed by atoms with Crippen LogP contribution in [0.2, 0.25) is 0 Å². The number of nitrogens with two attached hydrogens (primary N) is 1. The van der Waals surface area contributed by atoms with Crippen molar-refractivity contribution in [1.29, 1.82) is 0 Å². The number of phosphoric ester groups is 2. The second-order valence-corrected chi connectivity index (χ2v) is 10.7. The lowest BCUT2D eigenvalue weighted by molar-refractivity contribution is -0.247. The Morgan fingerprint density at radius 2 is 1.50 bits per heavy atom. The van der Waals surface area contributed by atoms with Crippen LogP contribution in [0.1, 0.15) is 6.23 Å². The Labute approximate surface area is 200 Å². The second-order valence-electron chi connectivity index (χ2n) is 7.74. The number of imidazole rings is 1. The van der Waals surface area contributed by atoms with Gasteiger partial charge in [0.15, 0.2) is 24.0 Å². The number of rotatable bonds is 9. The molecule has 2 aromatic heterocycles. The number of hydrogen-bond donors (Lipinski definition) is 6. The van der Waals surface area contributed by atoms with Crippen molar-refractivity contribution in [3.63, 3.8) is 0 Å². The second kappa shape index (κ2) is 10.2. The Bertz CT molecular complexity index is 1180. The fourth-order valence-corrected chi connectivity index (χ4v) is 5.53. The molecule has 21 heteroatoms. The van der Waals surface area contributed by atoms with Crippen molar-refractivity contribution in [3.8, 4) is 0 Å². The molecule has 10 atom stereocenters. The van der Waals surface area contributed by atoms with Gasteiger partial charge in [0.25, 0.3) is 15.6 Å². The Morgan fingerprint density at radius 3 is 2.08 bits per heavy atom. The van der Waals surface area contributed by atoms with E-state index in [0.717, 1.165) is 6.33 Å². The highest BCUT2D eigenvalue weighted by Gasteiger charge is 2.45. The van der Waals surface area contributed by atoms with Crippen LogP contribution in [0.15, 0.2) is 12.7 Å². The number of nitrogens with zero attached hydrogens (tertiary/aromatic N) is 4. The van der Waals surface area contributed by atoms with Gasteiger partial charge in [-0.25, -0.2) is 19.3 Å². The van der Waals surface area contributed by atoms with Crippen molar-refractivity contribution in [2.45, 2.75) is 49.1 Å². The Morgan fingerprint density at radius 1 is 0.917 bits per heavy atom. The minimum Gasteiger partial charge on any atom is -0.756 e. The lowest BCUT2D eigenvalue weighted by Crippen LogP contribution is -2.34. The van der Waals surface area contributed by atoms with E-state index in [-0.39, 0.29) is 17.0 Å². The summed E-state index contributed by atoms with van der Waals surface area (Å²) >= 11 is 0. The van der Waals surface area contributed by atoms with Gasteiger partial charge in [-0.05, 0) is 0 Å². The highest BCUT2D eigenvalue weighted by molar-refractivity contribution is 7.59. The highest BCUT2D eigenvalue weighted by atomic mass is 31.3. The smallest absolute Gasteiger partial charge is 0.274 e. The maximum absolute atomic E-state index is 12.0. The molecule has 0 aliphatic carbocycles. The van der Waals surface area contributed by atoms with Crippen molar-refractivity contribution >= 4 is 32.6 Å². The molecule has 0 amide bonds. The summed E-state index contributed by atoms with van der Waals surface area (Å²) in [6, 6.07) is 0. The van der Waals surface area contributed by atoms with Crippen LogP contribution in [0.25, 0.3) is 11.2 Å². The average Bonchev–Trinajstić information content (AvgIpc) is 3.42. The van der Waals surface area contributed by atoms with Crippen LogP contribution < -0.4 is 15.5 Å². The van der Waals surface area contributed by atoms with Crippen molar-refractivity contribution in [3.05, 3.63) is 12.7 Å². The Balaban J connectivity index is 1.34. The van der Waals surface area contributed by atoms with E-state index < -0.39 is 78.0 Å². The molecule has 2 unspecified atom stereocenters. The number of aromatic nitrogens is 4. The first kappa shape index (κ1) is 27.4. The first-order chi connectivity index (χ1) is 16.8. The zero-order valence-corrected chi connectivity index (χ0v) is 19.6. The maximum Gasteiger partial charge on any atom is 0.274 e. The highest BCUT2D eigenvalue weighted by Crippen LogP contribution is 2.56. The molecule has 4 heterocycles. The topological polar surface area (TPSA) is 297 Å². The zero-order valence-electron chi connectivity index (χ0n) is 17.9. The zero-order chi connectivity index (χ0) is 26.4. The summed E-state index contributed by atoms with van der Waals surface area (Å²) in [6.07, 6.45) is -10.5. The first-order valence-corrected chi connectivity index (χ1v) is 13.0. The van der Waals surface area contributed by atoms with E-state index in [0.29, 0.717) is 0 Å². The minimum atomic E-state index is -5.62. The molecular formula is C15H21N5O14P2-2. The van der Waals surface area contributed by atoms with Crippen LogP contribution in [0, 0.1) is 0 Å². The molecule has 36 heavy (non-hydrogen) atoms. The van der Waals surface area contributed by atoms with E-state index in [1.165, 1.54) is 10.9 Å². The third-order valence-corrected chi connectivity index (χ3v) is 7.86. The molecule has 0 spiro atoms. The standard InChI is InChI=1S/C15H23N5O14P2/c16-12-7-13(18-3-17-12)20(4-19-7)14-10(23)8(21)5(32-14)1-30-35(26,27)34-36(28,29)31-2-6-9(22)11(24)15(25)33-6/h3-6,8-11,14-15,21-25H,1-2H2,(H,26,27)(H,28,29)(H2,16,17,18)/p-2/t5-,6-,8-,9-,10-,11-,14-,15-/m1/s1. The van der Waals surface area contributed by atoms with Gasteiger partial charge in [-0.15, -0.1) is 0 Å². The van der Waals surface area contributed by atoms with Gasteiger partial charge in [0.1, 0.15) is 48.5 Å². The summed E-state index contributed by atoms with van der Waals surface area (Å²) in [5.41, 5.74) is 6.04. The molecule has 0 aromatic carbocycles. The fourth-order valence-electron chi connectivity index (χ4n) is 3.52. The van der Waals surface area contributed by atoms with Crippen LogP contribution >= 0.6 is 15.6 Å². The number of aliphatic hydroxyl groups is 5. The maximum atomic E-state index is 12.0. The summed E-state index contributed by atoms with van der Waals surface area (Å²) in [4.78, 5) is 35.6. The summed E-state index contributed by atoms with van der Waals surface area (Å²) in [7, 11) is -11.2. The van der Waals surface area contributed by atoms with Gasteiger partial charge >= 0.3 is 0 Å². The lowest BCUT2D eigenvalue weighted by atomic mass is 10.1. The first-order valence-electron chi connectivity index (χ1n) is 10.1. The molecule has 0 bridgehead atoms. The monoisotopic (exact) mass is 557 g/mol. The number of ether oxygens (including phenoxy) is 2. The van der Waals surface area contributed by atoms with E-state index in [9.17, 15) is 44.4 Å². The molecule has 2 aliphatic rings. The molecule has 2 saturated heterocycles. The van der Waals surface area contributed by atoms with Gasteiger partial charge < -0.3 is 59.6 Å². The molecule has 7 N–H and O–H groups in total. The van der Waals surface area contributed by atoms with Crippen LogP contribution in [-0.4, -0.2) is 101 Å². The predicted octanol–water partition coefficient (Wildman–Crippen LogP) is -4.55. The number of nitrogen functional groups attached to an aromatic ring is 1. The molecule has 0 radical (unpaired) electrons. The fraction of sp³-hybridized carbons (Fsp3) is 0.667. The average molecular weight is 557 g/mol. The van der Waals surface area contributed by atoms with E-state index in [1.807, 2.05) is 0 Å². The number of anilines is 1. The Kier molecular flexibility index (Phi) is 7.78. The quantitative estimate of drug-likeness (QED) is 0.158. The Hall–Kier alpha value is -1.67. The molecular weight excluding hydrogens is 536 g/mol. The number of aliphatic hydroxyl groups excluding tert-OH is 5. The predicted molar refractivity (Wildman–Crippen MR) is 107 cm³/mol. The van der Waals surface area contributed by atoms with Crippen LogP contribution in [0.3, 0.4) is 0 Å². The van der Waals surface area contributed by atoms with Crippen molar-refractivity contribution in [2.75, 3.05) is 18.9 Å². The van der Waals surface area contributed by atoms with Crippen LogP contribution in [0.4, 0.5) is 5.82 Å². The number of phosphoric acid groups is 2. The summed E-state index contributed by atoms with van der Waals surface area (Å²) in [6.45, 7) is -1.97. The van der Waals surface area contributed by atoms with Crippen LogP contribution in [-0.2, 0) is 32.0 Å². The number of fused-ring (bicyclic) bond motifs is 1. The molecule has 0 saturated carbocycles. The van der Waals surface area contributed by atoms with E-state index in [4.69, 9.17) is 10.5 Å². The van der Waals surface area contributed by atoms with Crippen molar-refractivity contribution < 1.29 is 67.3 Å². The summed E-state index contributed by atoms with van der Waals surface area (Å²) in [5.74, 6) is 0.0433. The minimum absolute atomic E-state index is 0.0433. The van der Waals surface area contributed by atoms with Crippen molar-refractivity contribution in [1.82, 2.24) is 19.5 Å². The summed E-state index contributed by atoms with van der Waals surface area (Å²) in [5, 5.41) is 48.9.